The molecule has 1 heterocycles. The molecule has 0 amide bonds. The summed E-state index contributed by atoms with van der Waals surface area (Å²) in [6.45, 7) is 6.27. The van der Waals surface area contributed by atoms with Crippen LogP contribution in [0.2, 0.25) is 0 Å². The molecule has 0 unspecified atom stereocenters. The lowest BCUT2D eigenvalue weighted by Crippen LogP contribution is -2.38. The number of aryl methyl sites for hydroxylation is 1. The first kappa shape index (κ1) is 17.1. The topological polar surface area (TPSA) is 84.6 Å². The van der Waals surface area contributed by atoms with E-state index in [9.17, 15) is 0 Å². The van der Waals surface area contributed by atoms with Gasteiger partial charge in [-0.05, 0) is 6.92 Å². The van der Waals surface area contributed by atoms with Crippen molar-refractivity contribution in [2.24, 2.45) is 4.99 Å². The molecule has 1 rings (SSSR count). The van der Waals surface area contributed by atoms with Crippen molar-refractivity contribution in [1.29, 1.82) is 0 Å². The Bertz CT molecular complexity index is 356. The zero-order valence-electron chi connectivity index (χ0n) is 10.9. The minimum absolute atomic E-state index is 0. The molecule has 0 aromatic carbocycles. The van der Waals surface area contributed by atoms with E-state index in [1.807, 2.05) is 6.92 Å². The Morgan fingerprint density at radius 3 is 2.78 bits per heavy atom. The van der Waals surface area contributed by atoms with E-state index >= 15 is 0 Å². The quantitative estimate of drug-likeness (QED) is 0.332. The van der Waals surface area contributed by atoms with Gasteiger partial charge in [0.2, 0.25) is 5.89 Å². The normalized spacial score (nSPS) is 10.9. The summed E-state index contributed by atoms with van der Waals surface area (Å²) in [5, 5.41) is 9.96. The smallest absolute Gasteiger partial charge is 0.223 e. The van der Waals surface area contributed by atoms with Gasteiger partial charge in [0.15, 0.2) is 11.8 Å². The third kappa shape index (κ3) is 6.74. The molecule has 0 saturated heterocycles. The van der Waals surface area contributed by atoms with Gasteiger partial charge in [0, 0.05) is 27.1 Å². The van der Waals surface area contributed by atoms with Crippen LogP contribution in [0.1, 0.15) is 18.6 Å². The monoisotopic (exact) mass is 369 g/mol. The van der Waals surface area contributed by atoms with Crippen LogP contribution < -0.4 is 10.6 Å². The second-order valence-electron chi connectivity index (χ2n) is 3.28. The lowest BCUT2D eigenvalue weighted by molar-refractivity contribution is 0.152. The Morgan fingerprint density at radius 2 is 2.22 bits per heavy atom. The van der Waals surface area contributed by atoms with Crippen LogP contribution >= 0.6 is 24.0 Å². The molecule has 1 aromatic heterocycles. The first-order valence-corrected chi connectivity index (χ1v) is 5.57. The van der Waals surface area contributed by atoms with Gasteiger partial charge < -0.3 is 19.9 Å². The van der Waals surface area contributed by atoms with Gasteiger partial charge in [-0.1, -0.05) is 5.16 Å². The van der Waals surface area contributed by atoms with Crippen molar-refractivity contribution in [1.82, 2.24) is 20.8 Å². The highest BCUT2D eigenvalue weighted by Gasteiger charge is 2.03. The fraction of sp³-hybridized carbons (Fsp3) is 0.700. The van der Waals surface area contributed by atoms with Crippen LogP contribution in [0.5, 0.6) is 0 Å². The third-order valence-corrected chi connectivity index (χ3v) is 1.95. The van der Waals surface area contributed by atoms with Crippen LogP contribution in [0.4, 0.5) is 0 Å². The lowest BCUT2D eigenvalue weighted by atomic mass is 10.6. The fourth-order valence-corrected chi connectivity index (χ4v) is 1.18. The number of nitrogens with one attached hydrogen (secondary N) is 2. The van der Waals surface area contributed by atoms with Gasteiger partial charge in [-0.3, -0.25) is 4.99 Å². The summed E-state index contributed by atoms with van der Waals surface area (Å²) in [6.07, 6.45) is 0. The molecule has 0 saturated carbocycles. The molecule has 18 heavy (non-hydrogen) atoms. The molecule has 1 aromatic rings. The summed E-state index contributed by atoms with van der Waals surface area (Å²) >= 11 is 0. The number of hydrogen-bond acceptors (Lipinski definition) is 5. The number of nitrogens with zero attached hydrogens (tertiary/aromatic N) is 3. The molecule has 104 valence electrons. The number of rotatable bonds is 6. The van der Waals surface area contributed by atoms with E-state index < -0.39 is 0 Å². The Kier molecular flexibility index (Phi) is 9.56. The second-order valence-corrected chi connectivity index (χ2v) is 3.28. The minimum atomic E-state index is 0. The van der Waals surface area contributed by atoms with Crippen molar-refractivity contribution in [2.45, 2.75) is 20.4 Å². The molecule has 0 aliphatic heterocycles. The van der Waals surface area contributed by atoms with Gasteiger partial charge in [-0.15, -0.1) is 24.0 Å². The van der Waals surface area contributed by atoms with Crippen molar-refractivity contribution in [3.8, 4) is 0 Å². The predicted octanol–water partition coefficient (Wildman–Crippen LogP) is 0.698. The molecule has 0 aliphatic carbocycles. The van der Waals surface area contributed by atoms with E-state index in [1.165, 1.54) is 0 Å². The van der Waals surface area contributed by atoms with Crippen molar-refractivity contribution in [2.75, 3.05) is 26.8 Å². The van der Waals surface area contributed by atoms with E-state index in [4.69, 9.17) is 9.26 Å². The summed E-state index contributed by atoms with van der Waals surface area (Å²) in [4.78, 5) is 8.14. The van der Waals surface area contributed by atoms with Crippen molar-refractivity contribution in [3.63, 3.8) is 0 Å². The van der Waals surface area contributed by atoms with Gasteiger partial charge in [0.1, 0.15) is 0 Å². The average Bonchev–Trinajstić information content (AvgIpc) is 2.74. The Labute approximate surface area is 124 Å². The van der Waals surface area contributed by atoms with Gasteiger partial charge in [0.05, 0.1) is 13.2 Å². The number of aliphatic imine (C=N–C) groups is 1. The van der Waals surface area contributed by atoms with E-state index in [2.05, 4.69) is 25.8 Å². The van der Waals surface area contributed by atoms with E-state index in [1.54, 1.807) is 14.0 Å². The van der Waals surface area contributed by atoms with Crippen LogP contribution in [0.15, 0.2) is 9.52 Å². The summed E-state index contributed by atoms with van der Waals surface area (Å²) in [5.41, 5.74) is 0. The van der Waals surface area contributed by atoms with Crippen molar-refractivity contribution in [3.05, 3.63) is 11.7 Å². The summed E-state index contributed by atoms with van der Waals surface area (Å²) in [5.74, 6) is 1.85. The van der Waals surface area contributed by atoms with Crippen molar-refractivity contribution >= 4 is 29.9 Å². The highest BCUT2D eigenvalue weighted by molar-refractivity contribution is 14.0. The van der Waals surface area contributed by atoms with Gasteiger partial charge >= 0.3 is 0 Å². The Hall–Kier alpha value is -0.900. The van der Waals surface area contributed by atoms with Gasteiger partial charge in [-0.25, -0.2) is 0 Å². The van der Waals surface area contributed by atoms with Crippen LogP contribution in [-0.4, -0.2) is 42.9 Å². The van der Waals surface area contributed by atoms with Crippen LogP contribution in [0, 0.1) is 6.92 Å². The summed E-state index contributed by atoms with van der Waals surface area (Å²) in [7, 11) is 1.71. The minimum Gasteiger partial charge on any atom is -0.380 e. The maximum atomic E-state index is 5.21. The third-order valence-electron chi connectivity index (χ3n) is 1.95. The predicted molar refractivity (Wildman–Crippen MR) is 79.1 cm³/mol. The fourth-order valence-electron chi connectivity index (χ4n) is 1.18. The van der Waals surface area contributed by atoms with Crippen LogP contribution in [-0.2, 0) is 11.3 Å². The molecule has 0 spiro atoms. The molecule has 7 nitrogen and oxygen atoms in total. The SMILES string of the molecule is CCOCCNC(=NC)NCc1noc(C)n1.I. The molecular weight excluding hydrogens is 349 g/mol. The highest BCUT2D eigenvalue weighted by atomic mass is 127. The molecule has 0 atom stereocenters. The Morgan fingerprint density at radius 1 is 1.44 bits per heavy atom. The molecule has 2 N–H and O–H groups in total. The zero-order valence-corrected chi connectivity index (χ0v) is 13.2. The number of ether oxygens (including phenoxy) is 1. The number of aromatic nitrogens is 2. The maximum absolute atomic E-state index is 5.21. The van der Waals surface area contributed by atoms with Crippen molar-refractivity contribution < 1.29 is 9.26 Å². The molecule has 0 fully saturated rings. The zero-order chi connectivity index (χ0) is 12.5. The van der Waals surface area contributed by atoms with Gasteiger partial charge in [-0.2, -0.15) is 4.98 Å². The van der Waals surface area contributed by atoms with E-state index in [0.29, 0.717) is 37.4 Å². The summed E-state index contributed by atoms with van der Waals surface area (Å²) < 4.78 is 10.1. The standard InChI is InChI=1S/C10H19N5O2.HI/c1-4-16-6-5-12-10(11-3)13-7-9-14-8(2)17-15-9;/h4-7H2,1-3H3,(H2,11,12,13);1H. The molecule has 8 heteroatoms. The second kappa shape index (κ2) is 10.1. The highest BCUT2D eigenvalue weighted by Crippen LogP contribution is 1.93. The van der Waals surface area contributed by atoms with Gasteiger partial charge in [0.25, 0.3) is 0 Å². The lowest BCUT2D eigenvalue weighted by Gasteiger charge is -2.10. The number of guanidine groups is 1. The molecule has 0 aliphatic rings. The Balaban J connectivity index is 0.00000289. The molecular formula is C10H20IN5O2. The van der Waals surface area contributed by atoms with Crippen LogP contribution in [0.3, 0.4) is 0 Å². The molecule has 0 radical (unpaired) electrons. The first-order valence-electron chi connectivity index (χ1n) is 5.57. The maximum Gasteiger partial charge on any atom is 0.223 e. The largest absolute Gasteiger partial charge is 0.380 e. The van der Waals surface area contributed by atoms with E-state index in [-0.39, 0.29) is 24.0 Å². The average molecular weight is 369 g/mol. The summed E-state index contributed by atoms with van der Waals surface area (Å²) in [6, 6.07) is 0. The van der Waals surface area contributed by atoms with Crippen LogP contribution in [0.25, 0.3) is 0 Å². The van der Waals surface area contributed by atoms with E-state index in [0.717, 1.165) is 6.61 Å². The molecule has 0 bridgehead atoms. The number of hydrogen-bond donors (Lipinski definition) is 2. The first-order chi connectivity index (χ1) is 8.26. The number of halogens is 1.